The van der Waals surface area contributed by atoms with Crippen LogP contribution in [0.15, 0.2) is 18.2 Å². The van der Waals surface area contributed by atoms with Gasteiger partial charge in [0.2, 0.25) is 15.9 Å². The summed E-state index contributed by atoms with van der Waals surface area (Å²) in [6.45, 7) is 1.79. The largest absolute Gasteiger partial charge is 0.392 e. The molecule has 0 unspecified atom stereocenters. The number of hydrogen-bond donors (Lipinski definition) is 2. The summed E-state index contributed by atoms with van der Waals surface area (Å²) in [6, 6.07) is 5.38. The van der Waals surface area contributed by atoms with Crippen LogP contribution in [0.3, 0.4) is 0 Å². The van der Waals surface area contributed by atoms with Crippen molar-refractivity contribution in [2.24, 2.45) is 0 Å². The Morgan fingerprint density at radius 3 is 2.52 bits per heavy atom. The van der Waals surface area contributed by atoms with E-state index >= 15 is 0 Å². The Kier molecular flexibility index (Phi) is 7.06. The van der Waals surface area contributed by atoms with E-state index in [1.807, 2.05) is 11.0 Å². The van der Waals surface area contributed by atoms with E-state index in [-0.39, 0.29) is 12.5 Å². The van der Waals surface area contributed by atoms with Crippen LogP contribution in [0.4, 0.5) is 11.4 Å². The molecule has 1 aromatic rings. The average Bonchev–Trinajstić information content (AvgIpc) is 2.59. The van der Waals surface area contributed by atoms with Gasteiger partial charge in [-0.15, -0.1) is 11.6 Å². The van der Waals surface area contributed by atoms with Crippen molar-refractivity contribution in [1.29, 1.82) is 0 Å². The summed E-state index contributed by atoms with van der Waals surface area (Å²) < 4.78 is 24.6. The second-order valence-corrected chi connectivity index (χ2v) is 8.35. The summed E-state index contributed by atoms with van der Waals surface area (Å²) >= 11 is 5.58. The normalized spacial score (nSPS) is 16.0. The third kappa shape index (κ3) is 5.57. The van der Waals surface area contributed by atoms with Gasteiger partial charge in [0.1, 0.15) is 0 Å². The average molecular weight is 390 g/mol. The zero-order valence-electron chi connectivity index (χ0n) is 14.2. The second kappa shape index (κ2) is 8.84. The number of halogens is 1. The minimum absolute atomic E-state index is 0.112. The molecule has 0 aromatic heterocycles. The molecule has 1 fully saturated rings. The van der Waals surface area contributed by atoms with Gasteiger partial charge in [0, 0.05) is 55.4 Å². The minimum atomic E-state index is -3.17. The number of rotatable bonds is 7. The highest BCUT2D eigenvalue weighted by molar-refractivity contribution is 7.88. The number of hydrogen-bond acceptors (Lipinski definition) is 5. The van der Waals surface area contributed by atoms with E-state index in [9.17, 15) is 18.3 Å². The van der Waals surface area contributed by atoms with Crippen molar-refractivity contribution in [3.05, 3.63) is 23.8 Å². The first kappa shape index (κ1) is 20.0. The topological polar surface area (TPSA) is 90.0 Å². The molecule has 0 radical (unpaired) electrons. The Balaban J connectivity index is 2.06. The molecule has 25 heavy (non-hydrogen) atoms. The van der Waals surface area contributed by atoms with Crippen molar-refractivity contribution in [2.45, 2.75) is 19.4 Å². The highest BCUT2D eigenvalue weighted by Gasteiger charge is 2.24. The number of carbonyl (C=O) groups is 1. The molecule has 1 amide bonds. The number of nitrogens with zero attached hydrogens (tertiary/aromatic N) is 2. The van der Waals surface area contributed by atoms with Gasteiger partial charge in [0.25, 0.3) is 0 Å². The molecular weight excluding hydrogens is 366 g/mol. The molecule has 9 heteroatoms. The minimum Gasteiger partial charge on any atom is -0.392 e. The van der Waals surface area contributed by atoms with Crippen LogP contribution in [0.5, 0.6) is 0 Å². The lowest BCUT2D eigenvalue weighted by molar-refractivity contribution is -0.116. The van der Waals surface area contributed by atoms with Crippen LogP contribution in [0.1, 0.15) is 18.4 Å². The molecule has 0 bridgehead atoms. The van der Waals surface area contributed by atoms with Crippen molar-refractivity contribution >= 4 is 38.9 Å². The van der Waals surface area contributed by atoms with Crippen LogP contribution in [0.2, 0.25) is 0 Å². The molecule has 0 saturated carbocycles. The summed E-state index contributed by atoms with van der Waals surface area (Å²) in [5.41, 5.74) is 2.18. The van der Waals surface area contributed by atoms with Crippen molar-refractivity contribution in [2.75, 3.05) is 48.5 Å². The summed E-state index contributed by atoms with van der Waals surface area (Å²) in [5, 5.41) is 12.5. The Morgan fingerprint density at radius 1 is 1.28 bits per heavy atom. The molecule has 1 aliphatic rings. The highest BCUT2D eigenvalue weighted by atomic mass is 35.5. The third-order valence-electron chi connectivity index (χ3n) is 4.12. The van der Waals surface area contributed by atoms with Gasteiger partial charge in [-0.05, 0) is 24.6 Å². The van der Waals surface area contributed by atoms with Crippen LogP contribution in [-0.2, 0) is 21.4 Å². The number of alkyl halides is 1. The lowest BCUT2D eigenvalue weighted by Gasteiger charge is -2.35. The van der Waals surface area contributed by atoms with Crippen molar-refractivity contribution in [3.8, 4) is 0 Å². The Morgan fingerprint density at radius 2 is 1.96 bits per heavy atom. The summed E-state index contributed by atoms with van der Waals surface area (Å²) in [6.07, 6.45) is 2.18. The summed E-state index contributed by atoms with van der Waals surface area (Å²) in [5.74, 6) is 0.326. The number of amides is 1. The van der Waals surface area contributed by atoms with E-state index in [2.05, 4.69) is 5.32 Å². The maximum absolute atomic E-state index is 11.8. The van der Waals surface area contributed by atoms with Crippen LogP contribution in [-0.4, -0.2) is 62.1 Å². The van der Waals surface area contributed by atoms with Gasteiger partial charge in [-0.1, -0.05) is 0 Å². The number of nitrogens with one attached hydrogen (secondary N) is 1. The number of aliphatic hydroxyl groups is 1. The van der Waals surface area contributed by atoms with E-state index in [1.165, 1.54) is 10.6 Å². The van der Waals surface area contributed by atoms with E-state index in [4.69, 9.17) is 11.6 Å². The summed E-state index contributed by atoms with van der Waals surface area (Å²) in [7, 11) is -3.17. The zero-order valence-corrected chi connectivity index (χ0v) is 15.8. The number of piperazine rings is 1. The molecule has 2 rings (SSSR count). The molecule has 1 aliphatic heterocycles. The molecule has 0 aliphatic carbocycles. The molecule has 0 spiro atoms. The van der Waals surface area contributed by atoms with Gasteiger partial charge in [0.05, 0.1) is 12.9 Å². The third-order valence-corrected chi connectivity index (χ3v) is 5.69. The molecule has 0 atom stereocenters. The number of sulfonamides is 1. The van der Waals surface area contributed by atoms with Gasteiger partial charge in [0.15, 0.2) is 0 Å². The predicted octanol–water partition coefficient (Wildman–Crippen LogP) is 1.22. The fourth-order valence-corrected chi connectivity index (χ4v) is 3.77. The van der Waals surface area contributed by atoms with Gasteiger partial charge in [-0.25, -0.2) is 8.42 Å². The van der Waals surface area contributed by atoms with Gasteiger partial charge in [-0.3, -0.25) is 4.79 Å². The number of benzene rings is 1. The summed E-state index contributed by atoms with van der Waals surface area (Å²) in [4.78, 5) is 13.8. The molecule has 1 aromatic carbocycles. The van der Waals surface area contributed by atoms with Gasteiger partial charge in [-0.2, -0.15) is 4.31 Å². The Bertz CT molecular complexity index is 703. The van der Waals surface area contributed by atoms with E-state index in [0.717, 1.165) is 5.69 Å². The Labute approximate surface area is 153 Å². The van der Waals surface area contributed by atoms with E-state index in [0.29, 0.717) is 56.2 Å². The predicted molar refractivity (Wildman–Crippen MR) is 99.6 cm³/mol. The molecule has 2 N–H and O–H groups in total. The molecular formula is C16H24ClN3O4S. The van der Waals surface area contributed by atoms with Crippen LogP contribution in [0.25, 0.3) is 0 Å². The Hall–Kier alpha value is -1.35. The highest BCUT2D eigenvalue weighted by Crippen LogP contribution is 2.26. The van der Waals surface area contributed by atoms with Crippen LogP contribution >= 0.6 is 11.6 Å². The lowest BCUT2D eigenvalue weighted by Crippen LogP contribution is -2.48. The molecule has 7 nitrogen and oxygen atoms in total. The first-order valence-electron chi connectivity index (χ1n) is 8.15. The zero-order chi connectivity index (χ0) is 18.4. The van der Waals surface area contributed by atoms with Crippen LogP contribution in [0, 0.1) is 0 Å². The fraction of sp³-hybridized carbons (Fsp3) is 0.562. The standard InChI is InChI=1S/C16H24ClN3O4S/c1-25(23,24)20-9-7-19(8-10-20)15-5-4-14(11-13(15)12-21)18-16(22)3-2-6-17/h4-5,11,21H,2-3,6-10,12H2,1H3,(H,18,22). The second-order valence-electron chi connectivity index (χ2n) is 5.99. The molecule has 140 valence electrons. The van der Waals surface area contributed by atoms with Gasteiger partial charge < -0.3 is 15.3 Å². The van der Waals surface area contributed by atoms with E-state index < -0.39 is 10.0 Å². The monoisotopic (exact) mass is 389 g/mol. The maximum atomic E-state index is 11.8. The first-order valence-corrected chi connectivity index (χ1v) is 10.5. The smallest absolute Gasteiger partial charge is 0.224 e. The van der Waals surface area contributed by atoms with Crippen molar-refractivity contribution in [1.82, 2.24) is 4.31 Å². The number of carbonyl (C=O) groups excluding carboxylic acids is 1. The first-order chi connectivity index (χ1) is 11.8. The van der Waals surface area contributed by atoms with E-state index in [1.54, 1.807) is 12.1 Å². The van der Waals surface area contributed by atoms with Gasteiger partial charge >= 0.3 is 0 Å². The molecule has 1 heterocycles. The van der Waals surface area contributed by atoms with Crippen molar-refractivity contribution in [3.63, 3.8) is 0 Å². The van der Waals surface area contributed by atoms with Crippen molar-refractivity contribution < 1.29 is 18.3 Å². The van der Waals surface area contributed by atoms with Crippen LogP contribution < -0.4 is 10.2 Å². The SMILES string of the molecule is CS(=O)(=O)N1CCN(c2ccc(NC(=O)CCCCl)cc2CO)CC1. The maximum Gasteiger partial charge on any atom is 0.224 e. The lowest BCUT2D eigenvalue weighted by atomic mass is 10.1. The fourth-order valence-electron chi connectivity index (χ4n) is 2.81. The number of aliphatic hydroxyl groups excluding tert-OH is 1. The number of anilines is 2. The quantitative estimate of drug-likeness (QED) is 0.684. The molecule has 1 saturated heterocycles.